The summed E-state index contributed by atoms with van der Waals surface area (Å²) < 4.78 is 10.6. The Bertz CT molecular complexity index is 670. The third-order valence-electron chi connectivity index (χ3n) is 3.41. The van der Waals surface area contributed by atoms with Crippen LogP contribution in [-0.2, 0) is 0 Å². The zero-order valence-electron chi connectivity index (χ0n) is 12.5. The lowest BCUT2D eigenvalue weighted by Gasteiger charge is -2.14. The number of hydrogen-bond acceptors (Lipinski definition) is 3. The normalized spacial score (nSPS) is 10.3. The molecular weight excluding hydrogens is 288 g/mol. The van der Waals surface area contributed by atoms with E-state index in [-0.39, 0.29) is 5.78 Å². The molecule has 0 aromatic heterocycles. The molecular formula is C17H17ClO3. The molecule has 0 saturated heterocycles. The Morgan fingerprint density at radius 1 is 1.00 bits per heavy atom. The molecule has 0 aliphatic carbocycles. The minimum absolute atomic E-state index is 0.137. The van der Waals surface area contributed by atoms with Gasteiger partial charge in [-0.05, 0) is 49.2 Å². The molecule has 2 rings (SSSR count). The van der Waals surface area contributed by atoms with E-state index in [1.807, 2.05) is 13.8 Å². The number of methoxy groups -OCH3 is 2. The lowest BCUT2D eigenvalue weighted by Crippen LogP contribution is -2.08. The molecule has 0 saturated carbocycles. The number of carbonyl (C=O) groups is 1. The van der Waals surface area contributed by atoms with Crippen LogP contribution >= 0.6 is 11.6 Å². The van der Waals surface area contributed by atoms with E-state index in [2.05, 4.69) is 0 Å². The van der Waals surface area contributed by atoms with Crippen molar-refractivity contribution in [1.29, 1.82) is 0 Å². The van der Waals surface area contributed by atoms with Gasteiger partial charge in [0.1, 0.15) is 17.1 Å². The zero-order valence-corrected chi connectivity index (χ0v) is 13.2. The summed E-state index contributed by atoms with van der Waals surface area (Å²) in [5.41, 5.74) is 2.70. The van der Waals surface area contributed by atoms with Crippen molar-refractivity contribution >= 4 is 17.4 Å². The Labute approximate surface area is 129 Å². The van der Waals surface area contributed by atoms with E-state index in [1.54, 1.807) is 30.3 Å². The fourth-order valence-electron chi connectivity index (χ4n) is 2.24. The summed E-state index contributed by atoms with van der Waals surface area (Å²) in [5, 5.41) is 0.649. The summed E-state index contributed by atoms with van der Waals surface area (Å²) in [6.45, 7) is 3.73. The van der Waals surface area contributed by atoms with Gasteiger partial charge < -0.3 is 9.47 Å². The number of benzene rings is 2. The minimum atomic E-state index is -0.137. The predicted octanol–water partition coefficient (Wildman–Crippen LogP) is 4.21. The largest absolute Gasteiger partial charge is 0.496 e. The molecule has 2 aromatic carbocycles. The van der Waals surface area contributed by atoms with Gasteiger partial charge in [-0.1, -0.05) is 17.7 Å². The summed E-state index contributed by atoms with van der Waals surface area (Å²) in [6, 6.07) is 8.87. The second kappa shape index (κ2) is 6.19. The molecule has 2 aromatic rings. The van der Waals surface area contributed by atoms with Gasteiger partial charge in [0.25, 0.3) is 0 Å². The van der Waals surface area contributed by atoms with Gasteiger partial charge in [-0.15, -0.1) is 0 Å². The molecule has 0 aliphatic heterocycles. The van der Waals surface area contributed by atoms with Crippen LogP contribution in [0, 0.1) is 13.8 Å². The van der Waals surface area contributed by atoms with E-state index in [9.17, 15) is 4.79 Å². The van der Waals surface area contributed by atoms with Gasteiger partial charge >= 0.3 is 0 Å². The Balaban J connectivity index is 2.63. The molecule has 3 nitrogen and oxygen atoms in total. The third kappa shape index (κ3) is 2.88. The van der Waals surface area contributed by atoms with Crippen molar-refractivity contribution in [2.75, 3.05) is 14.2 Å². The van der Waals surface area contributed by atoms with E-state index in [1.165, 1.54) is 14.2 Å². The molecule has 0 N–H and O–H groups in total. The monoisotopic (exact) mass is 304 g/mol. The van der Waals surface area contributed by atoms with Crippen LogP contribution in [0.3, 0.4) is 0 Å². The average Bonchev–Trinajstić information content (AvgIpc) is 2.49. The number of halogens is 1. The van der Waals surface area contributed by atoms with E-state index < -0.39 is 0 Å². The predicted molar refractivity (Wildman–Crippen MR) is 83.9 cm³/mol. The van der Waals surface area contributed by atoms with Gasteiger partial charge in [-0.25, -0.2) is 0 Å². The Kier molecular flexibility index (Phi) is 4.53. The van der Waals surface area contributed by atoms with E-state index in [0.717, 1.165) is 11.1 Å². The van der Waals surface area contributed by atoms with Gasteiger partial charge in [-0.2, -0.15) is 0 Å². The van der Waals surface area contributed by atoms with Crippen LogP contribution in [-0.4, -0.2) is 20.0 Å². The highest BCUT2D eigenvalue weighted by Gasteiger charge is 2.21. The number of rotatable bonds is 4. The van der Waals surface area contributed by atoms with Crippen LogP contribution in [0.15, 0.2) is 30.3 Å². The summed E-state index contributed by atoms with van der Waals surface area (Å²) in [4.78, 5) is 12.9. The standard InChI is InChI=1S/C17H17ClO3/c1-10-9-13(18)11(2)8-12(10)17(19)16-14(20-3)6-5-7-15(16)21-4/h5-9H,1-4H3. The Morgan fingerprint density at radius 3 is 2.10 bits per heavy atom. The number of aryl methyl sites for hydroxylation is 2. The molecule has 0 radical (unpaired) electrons. The third-order valence-corrected chi connectivity index (χ3v) is 3.81. The van der Waals surface area contributed by atoms with E-state index >= 15 is 0 Å². The number of carbonyl (C=O) groups excluding carboxylic acids is 1. The molecule has 21 heavy (non-hydrogen) atoms. The van der Waals surface area contributed by atoms with Crippen LogP contribution in [0.25, 0.3) is 0 Å². The molecule has 0 heterocycles. The van der Waals surface area contributed by atoms with Gasteiger partial charge in [0, 0.05) is 10.6 Å². The maximum atomic E-state index is 12.9. The van der Waals surface area contributed by atoms with Crippen molar-refractivity contribution in [3.63, 3.8) is 0 Å². The average molecular weight is 305 g/mol. The number of ether oxygens (including phenoxy) is 2. The lowest BCUT2D eigenvalue weighted by molar-refractivity contribution is 0.103. The Hall–Kier alpha value is -2.00. The molecule has 0 bridgehead atoms. The first-order valence-electron chi connectivity index (χ1n) is 6.52. The summed E-state index contributed by atoms with van der Waals surface area (Å²) >= 11 is 6.09. The highest BCUT2D eigenvalue weighted by Crippen LogP contribution is 2.32. The first-order chi connectivity index (χ1) is 9.99. The van der Waals surface area contributed by atoms with Crippen molar-refractivity contribution in [3.8, 4) is 11.5 Å². The molecule has 0 amide bonds. The maximum Gasteiger partial charge on any atom is 0.200 e. The number of ketones is 1. The second-order valence-corrected chi connectivity index (χ2v) is 5.19. The molecule has 0 fully saturated rings. The summed E-state index contributed by atoms with van der Waals surface area (Å²) in [5.74, 6) is 0.847. The van der Waals surface area contributed by atoms with Crippen molar-refractivity contribution in [3.05, 3.63) is 57.6 Å². The van der Waals surface area contributed by atoms with Gasteiger partial charge in [0.05, 0.1) is 14.2 Å². The highest BCUT2D eigenvalue weighted by molar-refractivity contribution is 6.31. The van der Waals surface area contributed by atoms with Crippen LogP contribution in [0.1, 0.15) is 27.0 Å². The molecule has 0 aliphatic rings. The van der Waals surface area contributed by atoms with Crippen molar-refractivity contribution in [1.82, 2.24) is 0 Å². The molecule has 110 valence electrons. The smallest absolute Gasteiger partial charge is 0.200 e. The quantitative estimate of drug-likeness (QED) is 0.794. The fraction of sp³-hybridized carbons (Fsp3) is 0.235. The Morgan fingerprint density at radius 2 is 1.57 bits per heavy atom. The van der Waals surface area contributed by atoms with Crippen molar-refractivity contribution in [2.45, 2.75) is 13.8 Å². The molecule has 0 atom stereocenters. The fourth-order valence-corrected chi connectivity index (χ4v) is 2.45. The second-order valence-electron chi connectivity index (χ2n) is 4.78. The van der Waals surface area contributed by atoms with Gasteiger partial charge in [-0.3, -0.25) is 4.79 Å². The molecule has 0 unspecified atom stereocenters. The van der Waals surface area contributed by atoms with Crippen LogP contribution in [0.2, 0.25) is 5.02 Å². The van der Waals surface area contributed by atoms with Crippen molar-refractivity contribution < 1.29 is 14.3 Å². The van der Waals surface area contributed by atoms with Crippen molar-refractivity contribution in [2.24, 2.45) is 0 Å². The first-order valence-corrected chi connectivity index (χ1v) is 6.89. The van der Waals surface area contributed by atoms with E-state index in [4.69, 9.17) is 21.1 Å². The van der Waals surface area contributed by atoms with Crippen LogP contribution < -0.4 is 9.47 Å². The zero-order chi connectivity index (χ0) is 15.6. The summed E-state index contributed by atoms with van der Waals surface area (Å²) in [7, 11) is 3.07. The molecule has 4 heteroatoms. The summed E-state index contributed by atoms with van der Waals surface area (Å²) in [6.07, 6.45) is 0. The topological polar surface area (TPSA) is 35.5 Å². The SMILES string of the molecule is COc1cccc(OC)c1C(=O)c1cc(C)c(Cl)cc1C. The van der Waals surface area contributed by atoms with Crippen LogP contribution in [0.4, 0.5) is 0 Å². The van der Waals surface area contributed by atoms with Crippen LogP contribution in [0.5, 0.6) is 11.5 Å². The van der Waals surface area contributed by atoms with E-state index in [0.29, 0.717) is 27.6 Å². The first kappa shape index (κ1) is 15.4. The van der Waals surface area contributed by atoms with Gasteiger partial charge in [0.15, 0.2) is 0 Å². The molecule has 0 spiro atoms. The minimum Gasteiger partial charge on any atom is -0.496 e. The highest BCUT2D eigenvalue weighted by atomic mass is 35.5. The maximum absolute atomic E-state index is 12.9. The lowest BCUT2D eigenvalue weighted by atomic mass is 9.96. The number of hydrogen-bond donors (Lipinski definition) is 0. The van der Waals surface area contributed by atoms with Gasteiger partial charge in [0.2, 0.25) is 5.78 Å².